The smallest absolute Gasteiger partial charge is 0.160 e. The Morgan fingerprint density at radius 3 is 1.20 bits per heavy atom. The number of hydrogen-bond donors (Lipinski definition) is 0. The minimum atomic E-state index is 0.681. The molecule has 0 N–H and O–H groups in total. The lowest BCUT2D eigenvalue weighted by Crippen LogP contribution is -2.00. The van der Waals surface area contributed by atoms with Crippen molar-refractivity contribution in [3.8, 4) is 56.5 Å². The zero-order chi connectivity index (χ0) is 37.0. The number of pyridine rings is 1. The van der Waals surface area contributed by atoms with Gasteiger partial charge in [0.1, 0.15) is 0 Å². The Kier molecular flexibility index (Phi) is 7.42. The van der Waals surface area contributed by atoms with Crippen molar-refractivity contribution in [3.05, 3.63) is 200 Å². The Hall–Kier alpha value is -7.63. The van der Waals surface area contributed by atoms with Crippen LogP contribution in [0.15, 0.2) is 200 Å². The summed E-state index contributed by atoms with van der Waals surface area (Å²) in [5, 5.41) is 4.90. The second-order valence-corrected chi connectivity index (χ2v) is 14.1. The van der Waals surface area contributed by atoms with Gasteiger partial charge in [-0.25, -0.2) is 9.97 Å². The van der Waals surface area contributed by atoms with Gasteiger partial charge in [-0.15, -0.1) is 0 Å². The fraction of sp³-hybridized carbons (Fsp3) is 0. The summed E-state index contributed by atoms with van der Waals surface area (Å²) < 4.78 is 4.77. The summed E-state index contributed by atoms with van der Waals surface area (Å²) >= 11 is 0. The largest absolute Gasteiger partial charge is 0.309 e. The summed E-state index contributed by atoms with van der Waals surface area (Å²) in [5.41, 5.74) is 13.3. The van der Waals surface area contributed by atoms with Crippen LogP contribution in [-0.2, 0) is 0 Å². The highest BCUT2D eigenvalue weighted by Gasteiger charge is 2.18. The molecule has 0 radical (unpaired) electrons. The molecule has 11 rings (SSSR count). The Morgan fingerprint density at radius 1 is 0.304 bits per heavy atom. The third-order valence-corrected chi connectivity index (χ3v) is 10.8. The van der Waals surface area contributed by atoms with Crippen molar-refractivity contribution in [3.63, 3.8) is 0 Å². The molecule has 56 heavy (non-hydrogen) atoms. The molecule has 0 aliphatic heterocycles. The summed E-state index contributed by atoms with van der Waals surface area (Å²) in [6, 6.07) is 68.2. The Bertz CT molecular complexity index is 2940. The van der Waals surface area contributed by atoms with Gasteiger partial charge in [0.05, 0.1) is 39.1 Å². The minimum Gasteiger partial charge on any atom is -0.309 e. The van der Waals surface area contributed by atoms with E-state index in [1.165, 1.54) is 21.5 Å². The highest BCUT2D eigenvalue weighted by atomic mass is 15.0. The Balaban J connectivity index is 1.11. The molecule has 0 aliphatic rings. The Morgan fingerprint density at radius 2 is 0.732 bits per heavy atom. The van der Waals surface area contributed by atoms with Crippen LogP contribution < -0.4 is 0 Å². The fourth-order valence-corrected chi connectivity index (χ4v) is 8.19. The van der Waals surface area contributed by atoms with Crippen LogP contribution in [0.25, 0.3) is 100 Å². The molecule has 0 spiro atoms. The molecule has 4 aromatic heterocycles. The van der Waals surface area contributed by atoms with Crippen molar-refractivity contribution in [2.24, 2.45) is 0 Å². The standard InChI is InChI=1S/C51H33N5/c1-3-15-34(16-4-1)45-32-46(54-51(53-45)35-17-5-2-6-18-35)36-27-28-44(52-33-36)37-29-38(55-47-23-11-7-19-40(47)41-20-8-12-24-48(41)55)31-39(30-37)56-49-25-13-9-21-42(49)43-22-10-14-26-50(43)56/h1-33H. The van der Waals surface area contributed by atoms with Gasteiger partial charge in [-0.2, -0.15) is 0 Å². The first-order chi connectivity index (χ1) is 27.8. The average molecular weight is 716 g/mol. The first-order valence-corrected chi connectivity index (χ1v) is 18.9. The lowest BCUT2D eigenvalue weighted by Gasteiger charge is -2.16. The monoisotopic (exact) mass is 715 g/mol. The minimum absolute atomic E-state index is 0.681. The van der Waals surface area contributed by atoms with Gasteiger partial charge in [0, 0.05) is 61.4 Å². The van der Waals surface area contributed by atoms with E-state index in [2.05, 4.69) is 155 Å². The van der Waals surface area contributed by atoms with Gasteiger partial charge >= 0.3 is 0 Å². The predicted molar refractivity (Wildman–Crippen MR) is 230 cm³/mol. The maximum Gasteiger partial charge on any atom is 0.160 e. The van der Waals surface area contributed by atoms with E-state index in [1.54, 1.807) is 0 Å². The van der Waals surface area contributed by atoms with Gasteiger partial charge < -0.3 is 9.13 Å². The Labute approximate surface area is 323 Å². The summed E-state index contributed by atoms with van der Waals surface area (Å²) in [7, 11) is 0. The van der Waals surface area contributed by atoms with Gasteiger partial charge in [-0.3, -0.25) is 4.98 Å². The molecule has 5 nitrogen and oxygen atoms in total. The molecule has 11 aromatic rings. The average Bonchev–Trinajstić information content (AvgIpc) is 3.80. The maximum atomic E-state index is 5.15. The van der Waals surface area contributed by atoms with Crippen molar-refractivity contribution in [1.82, 2.24) is 24.1 Å². The van der Waals surface area contributed by atoms with Crippen LogP contribution in [0.1, 0.15) is 0 Å². The molecule has 0 saturated carbocycles. The molecule has 4 heterocycles. The topological polar surface area (TPSA) is 48.5 Å². The zero-order valence-corrected chi connectivity index (χ0v) is 30.3. The van der Waals surface area contributed by atoms with Crippen LogP contribution >= 0.6 is 0 Å². The van der Waals surface area contributed by atoms with Gasteiger partial charge in [0.25, 0.3) is 0 Å². The summed E-state index contributed by atoms with van der Waals surface area (Å²) in [6.07, 6.45) is 1.94. The van der Waals surface area contributed by atoms with E-state index in [0.717, 1.165) is 72.8 Å². The number of nitrogens with zero attached hydrogens (tertiary/aromatic N) is 5. The maximum absolute atomic E-state index is 5.15. The highest BCUT2D eigenvalue weighted by Crippen LogP contribution is 2.38. The van der Waals surface area contributed by atoms with Crippen molar-refractivity contribution >= 4 is 43.6 Å². The normalized spacial score (nSPS) is 11.6. The number of fused-ring (bicyclic) bond motifs is 6. The molecule has 0 atom stereocenters. The van der Waals surface area contributed by atoms with Crippen LogP contribution in [-0.4, -0.2) is 24.1 Å². The van der Waals surface area contributed by atoms with Crippen LogP contribution in [0.2, 0.25) is 0 Å². The molecule has 0 bridgehead atoms. The van der Waals surface area contributed by atoms with Crippen LogP contribution in [0.3, 0.4) is 0 Å². The number of para-hydroxylation sites is 4. The second kappa shape index (κ2) is 13.0. The van der Waals surface area contributed by atoms with Crippen molar-refractivity contribution < 1.29 is 0 Å². The molecular formula is C51H33N5. The summed E-state index contributed by atoms with van der Waals surface area (Å²) in [6.45, 7) is 0. The van der Waals surface area contributed by atoms with Gasteiger partial charge in [0.15, 0.2) is 5.82 Å². The van der Waals surface area contributed by atoms with Crippen molar-refractivity contribution in [2.75, 3.05) is 0 Å². The van der Waals surface area contributed by atoms with Gasteiger partial charge in [-0.05, 0) is 60.7 Å². The fourth-order valence-electron chi connectivity index (χ4n) is 8.19. The molecule has 262 valence electrons. The van der Waals surface area contributed by atoms with E-state index >= 15 is 0 Å². The lowest BCUT2D eigenvalue weighted by molar-refractivity contribution is 1.13. The quantitative estimate of drug-likeness (QED) is 0.172. The van der Waals surface area contributed by atoms with Crippen molar-refractivity contribution in [2.45, 2.75) is 0 Å². The predicted octanol–water partition coefficient (Wildman–Crippen LogP) is 12.7. The molecular weight excluding hydrogens is 683 g/mol. The SMILES string of the molecule is c1ccc(-c2cc(-c3ccc(-c4cc(-n5c6ccccc6c6ccccc65)cc(-n5c6ccccc6c6ccccc65)c4)nc3)nc(-c3ccccc3)n2)cc1. The third-order valence-electron chi connectivity index (χ3n) is 10.8. The van der Waals surface area contributed by atoms with Gasteiger partial charge in [-0.1, -0.05) is 133 Å². The van der Waals surface area contributed by atoms with Crippen LogP contribution in [0, 0.1) is 0 Å². The molecule has 0 unspecified atom stereocenters. The molecule has 0 saturated heterocycles. The lowest BCUT2D eigenvalue weighted by atomic mass is 10.1. The second-order valence-electron chi connectivity index (χ2n) is 14.1. The van der Waals surface area contributed by atoms with Crippen LogP contribution in [0.4, 0.5) is 0 Å². The third kappa shape index (κ3) is 5.29. The zero-order valence-electron chi connectivity index (χ0n) is 30.3. The highest BCUT2D eigenvalue weighted by molar-refractivity contribution is 6.10. The molecule has 7 aromatic carbocycles. The summed E-state index contributed by atoms with van der Waals surface area (Å²) in [4.78, 5) is 15.2. The number of benzene rings is 7. The molecule has 0 fully saturated rings. The van der Waals surface area contributed by atoms with E-state index in [0.29, 0.717) is 5.82 Å². The number of rotatable bonds is 6. The first-order valence-electron chi connectivity index (χ1n) is 18.9. The molecule has 5 heteroatoms. The number of aromatic nitrogens is 5. The summed E-state index contributed by atoms with van der Waals surface area (Å²) in [5.74, 6) is 0.681. The van der Waals surface area contributed by atoms with E-state index < -0.39 is 0 Å². The number of hydrogen-bond acceptors (Lipinski definition) is 3. The van der Waals surface area contributed by atoms with E-state index in [-0.39, 0.29) is 0 Å². The molecule has 0 aliphatic carbocycles. The van der Waals surface area contributed by atoms with E-state index in [1.807, 2.05) is 54.7 Å². The molecule has 0 amide bonds. The van der Waals surface area contributed by atoms with Crippen LogP contribution in [0.5, 0.6) is 0 Å². The van der Waals surface area contributed by atoms with Gasteiger partial charge in [0.2, 0.25) is 0 Å². The van der Waals surface area contributed by atoms with E-state index in [4.69, 9.17) is 15.0 Å². The van der Waals surface area contributed by atoms with E-state index in [9.17, 15) is 0 Å². The van der Waals surface area contributed by atoms with Crippen molar-refractivity contribution in [1.29, 1.82) is 0 Å². The first kappa shape index (κ1) is 31.9.